The van der Waals surface area contributed by atoms with Gasteiger partial charge in [-0.3, -0.25) is 9.69 Å². The molecule has 0 aliphatic carbocycles. The summed E-state index contributed by atoms with van der Waals surface area (Å²) in [5, 5.41) is 16.3. The van der Waals surface area contributed by atoms with Crippen LogP contribution in [0.1, 0.15) is 10.4 Å². The minimum absolute atomic E-state index is 0.00639. The number of para-hydroxylation sites is 1. The highest BCUT2D eigenvalue weighted by Gasteiger charge is 2.32. The maximum atomic E-state index is 14.9. The smallest absolute Gasteiger partial charge is 0.265 e. The maximum Gasteiger partial charge on any atom is 0.265 e. The van der Waals surface area contributed by atoms with E-state index in [1.54, 1.807) is 42.3 Å². The van der Waals surface area contributed by atoms with E-state index in [1.807, 2.05) is 4.90 Å². The van der Waals surface area contributed by atoms with Crippen LogP contribution in [-0.4, -0.2) is 67.0 Å². The number of halogens is 3. The molecule has 0 unspecified atom stereocenters. The van der Waals surface area contributed by atoms with Crippen molar-refractivity contribution < 1.29 is 14.3 Å². The molecule has 1 fully saturated rings. The predicted octanol–water partition coefficient (Wildman–Crippen LogP) is 3.49. The fourth-order valence-corrected chi connectivity index (χ4v) is 5.02. The molecule has 2 aliphatic heterocycles. The summed E-state index contributed by atoms with van der Waals surface area (Å²) in [5.74, 6) is -0.0504. The van der Waals surface area contributed by atoms with E-state index in [1.165, 1.54) is 17.2 Å². The summed E-state index contributed by atoms with van der Waals surface area (Å²) in [6.07, 6.45) is 1.43. The number of hydrogen-bond donors (Lipinski definition) is 3. The molecule has 1 saturated heterocycles. The predicted molar refractivity (Wildman–Crippen MR) is 139 cm³/mol. The molecule has 1 atom stereocenters. The van der Waals surface area contributed by atoms with Gasteiger partial charge < -0.3 is 25.5 Å². The van der Waals surface area contributed by atoms with E-state index >= 15 is 0 Å². The quantitative estimate of drug-likeness (QED) is 0.460. The number of piperazine rings is 1. The highest BCUT2D eigenvalue weighted by atomic mass is 35.5. The average Bonchev–Trinajstić information content (AvgIpc) is 2.87. The standard InChI is InChI=1S/C24H24Cl2FN7O2/c1-32-13-34(21-17(25)3-2-4-18(21)26)23(36)16-10-29-24(31-22(16)32)30-14-5-6-20(19(27)9-14)33-8-7-28-15(11-33)12-35/h2-6,9-10,15,28,35H,7-8,11-13H2,1H3,(H,29,30,31)/t15-/m0/s1. The number of anilines is 5. The number of carbonyl (C=O) groups excluding carboxylic acids is 1. The zero-order chi connectivity index (χ0) is 25.4. The van der Waals surface area contributed by atoms with Gasteiger partial charge in [0, 0.05) is 44.6 Å². The molecule has 188 valence electrons. The van der Waals surface area contributed by atoms with Crippen molar-refractivity contribution in [3.8, 4) is 0 Å². The fourth-order valence-electron chi connectivity index (χ4n) is 4.42. The molecule has 3 aromatic rings. The topological polar surface area (TPSA) is 96.9 Å². The summed E-state index contributed by atoms with van der Waals surface area (Å²) in [7, 11) is 1.79. The lowest BCUT2D eigenvalue weighted by molar-refractivity contribution is 0.0982. The van der Waals surface area contributed by atoms with Gasteiger partial charge in [-0.05, 0) is 30.3 Å². The van der Waals surface area contributed by atoms with Crippen molar-refractivity contribution >= 4 is 57.9 Å². The first-order valence-corrected chi connectivity index (χ1v) is 12.1. The van der Waals surface area contributed by atoms with E-state index in [-0.39, 0.29) is 31.2 Å². The molecular formula is C24H24Cl2FN7O2. The number of aromatic nitrogens is 2. The first kappa shape index (κ1) is 24.5. The van der Waals surface area contributed by atoms with Crippen LogP contribution in [0.4, 0.5) is 33.2 Å². The van der Waals surface area contributed by atoms with Gasteiger partial charge in [0.25, 0.3) is 5.91 Å². The normalized spacial score (nSPS) is 17.9. The van der Waals surface area contributed by atoms with Gasteiger partial charge in [-0.25, -0.2) is 9.37 Å². The zero-order valence-electron chi connectivity index (χ0n) is 19.4. The van der Waals surface area contributed by atoms with Crippen molar-refractivity contribution in [1.29, 1.82) is 0 Å². The van der Waals surface area contributed by atoms with Crippen LogP contribution >= 0.6 is 23.2 Å². The first-order valence-electron chi connectivity index (χ1n) is 11.4. The van der Waals surface area contributed by atoms with Gasteiger partial charge in [0.2, 0.25) is 5.95 Å². The second-order valence-electron chi connectivity index (χ2n) is 8.64. The van der Waals surface area contributed by atoms with E-state index in [0.29, 0.717) is 58.1 Å². The summed E-state index contributed by atoms with van der Waals surface area (Å²) >= 11 is 12.6. The molecule has 2 aliphatic rings. The Morgan fingerprint density at radius 3 is 2.75 bits per heavy atom. The van der Waals surface area contributed by atoms with E-state index in [0.717, 1.165) is 0 Å². The molecule has 5 rings (SSSR count). The summed E-state index contributed by atoms with van der Waals surface area (Å²) in [5.41, 5.74) is 1.66. The third-order valence-corrected chi connectivity index (χ3v) is 6.80. The molecule has 2 aromatic carbocycles. The largest absolute Gasteiger partial charge is 0.395 e. The van der Waals surface area contributed by atoms with E-state index in [4.69, 9.17) is 23.2 Å². The van der Waals surface area contributed by atoms with Crippen LogP contribution in [-0.2, 0) is 0 Å². The minimum atomic E-state index is -0.392. The second kappa shape index (κ2) is 10.1. The van der Waals surface area contributed by atoms with Crippen molar-refractivity contribution in [1.82, 2.24) is 15.3 Å². The molecule has 1 aromatic heterocycles. The van der Waals surface area contributed by atoms with Crippen LogP contribution in [0, 0.1) is 5.82 Å². The number of aliphatic hydroxyl groups excluding tert-OH is 1. The Morgan fingerprint density at radius 1 is 1.25 bits per heavy atom. The van der Waals surface area contributed by atoms with Crippen molar-refractivity contribution in [2.45, 2.75) is 6.04 Å². The lowest BCUT2D eigenvalue weighted by atomic mass is 10.1. The number of nitrogens with zero attached hydrogens (tertiary/aromatic N) is 5. The van der Waals surface area contributed by atoms with E-state index < -0.39 is 5.82 Å². The molecule has 0 saturated carbocycles. The lowest BCUT2D eigenvalue weighted by Crippen LogP contribution is -2.52. The van der Waals surface area contributed by atoms with Crippen LogP contribution in [0.5, 0.6) is 0 Å². The molecular weight excluding hydrogens is 508 g/mol. The molecule has 12 heteroatoms. The van der Waals surface area contributed by atoms with E-state index in [2.05, 4.69) is 20.6 Å². The number of aliphatic hydroxyl groups is 1. The third-order valence-electron chi connectivity index (χ3n) is 6.19. The highest BCUT2D eigenvalue weighted by Crippen LogP contribution is 2.37. The van der Waals surface area contributed by atoms with Crippen LogP contribution in [0.25, 0.3) is 0 Å². The van der Waals surface area contributed by atoms with Crippen LogP contribution in [0.2, 0.25) is 10.0 Å². The molecule has 3 heterocycles. The SMILES string of the molecule is CN1CN(c2c(Cl)cccc2Cl)C(=O)c2cnc(Nc3ccc(N4CCN[C@H](CO)C4)c(F)c3)nc21. The number of benzene rings is 2. The van der Waals surface area contributed by atoms with Crippen molar-refractivity contribution in [2.24, 2.45) is 0 Å². The Bertz CT molecular complexity index is 1290. The number of carbonyl (C=O) groups is 1. The van der Waals surface area contributed by atoms with Gasteiger partial charge in [0.05, 0.1) is 34.7 Å². The van der Waals surface area contributed by atoms with Gasteiger partial charge in [-0.1, -0.05) is 29.3 Å². The highest BCUT2D eigenvalue weighted by molar-refractivity contribution is 6.40. The van der Waals surface area contributed by atoms with Gasteiger partial charge in [-0.2, -0.15) is 4.98 Å². The molecule has 3 N–H and O–H groups in total. The summed E-state index contributed by atoms with van der Waals surface area (Å²) in [6, 6.07) is 9.78. The maximum absolute atomic E-state index is 14.9. The van der Waals surface area contributed by atoms with Crippen LogP contribution < -0.4 is 25.3 Å². The molecule has 9 nitrogen and oxygen atoms in total. The molecule has 0 radical (unpaired) electrons. The lowest BCUT2D eigenvalue weighted by Gasteiger charge is -2.35. The van der Waals surface area contributed by atoms with Gasteiger partial charge in [0.15, 0.2) is 0 Å². The first-order chi connectivity index (χ1) is 17.4. The average molecular weight is 532 g/mol. The Morgan fingerprint density at radius 2 is 2.03 bits per heavy atom. The monoisotopic (exact) mass is 531 g/mol. The molecule has 0 spiro atoms. The second-order valence-corrected chi connectivity index (χ2v) is 9.46. The van der Waals surface area contributed by atoms with Crippen LogP contribution in [0.3, 0.4) is 0 Å². The van der Waals surface area contributed by atoms with E-state index in [9.17, 15) is 14.3 Å². The Kier molecular flexibility index (Phi) is 6.85. The van der Waals surface area contributed by atoms with Crippen molar-refractivity contribution in [3.05, 3.63) is 64.0 Å². The summed E-state index contributed by atoms with van der Waals surface area (Å²) in [4.78, 5) is 27.2. The van der Waals surface area contributed by atoms with Gasteiger partial charge in [-0.15, -0.1) is 0 Å². The van der Waals surface area contributed by atoms with Crippen molar-refractivity contribution in [2.75, 3.05) is 60.0 Å². The van der Waals surface area contributed by atoms with Gasteiger partial charge >= 0.3 is 0 Å². The zero-order valence-corrected chi connectivity index (χ0v) is 20.9. The molecule has 1 amide bonds. The molecule has 0 bridgehead atoms. The van der Waals surface area contributed by atoms with Crippen molar-refractivity contribution in [3.63, 3.8) is 0 Å². The van der Waals surface area contributed by atoms with Crippen LogP contribution in [0.15, 0.2) is 42.6 Å². The Balaban J connectivity index is 1.36. The molecule has 36 heavy (non-hydrogen) atoms. The third kappa shape index (κ3) is 4.64. The fraction of sp³-hybridized carbons (Fsp3) is 0.292. The number of rotatable bonds is 5. The number of amides is 1. The number of nitrogens with one attached hydrogen (secondary N) is 2. The minimum Gasteiger partial charge on any atom is -0.395 e. The summed E-state index contributed by atoms with van der Waals surface area (Å²) < 4.78 is 14.9. The summed E-state index contributed by atoms with van der Waals surface area (Å²) in [6.45, 7) is 2.01. The number of hydrogen-bond acceptors (Lipinski definition) is 8. The Labute approximate surface area is 217 Å². The Hall–Kier alpha value is -3.18. The van der Waals surface area contributed by atoms with Gasteiger partial charge in [0.1, 0.15) is 17.2 Å². The number of fused-ring (bicyclic) bond motifs is 1.